The van der Waals surface area contributed by atoms with Crippen LogP contribution in [0.2, 0.25) is 0 Å². The summed E-state index contributed by atoms with van der Waals surface area (Å²) in [5.41, 5.74) is 5.48. The molecule has 0 bridgehead atoms. The smallest absolute Gasteiger partial charge is 0.126 e. The number of allylic oxidation sites excluding steroid dienone is 3. The molecule has 0 aliphatic heterocycles. The van der Waals surface area contributed by atoms with Crippen molar-refractivity contribution in [1.82, 2.24) is 0 Å². The molecule has 2 aliphatic carbocycles. The number of rotatable bonds is 7. The molecule has 2 heteroatoms. The first kappa shape index (κ1) is 19.1. The van der Waals surface area contributed by atoms with Crippen LogP contribution >= 0.6 is 0 Å². The highest BCUT2D eigenvalue weighted by Gasteiger charge is 2.35. The van der Waals surface area contributed by atoms with Crippen molar-refractivity contribution >= 4 is 0 Å². The van der Waals surface area contributed by atoms with E-state index in [1.165, 1.54) is 18.4 Å². The first-order chi connectivity index (χ1) is 12.4. The molecular formula is C24H34O2. The van der Waals surface area contributed by atoms with Gasteiger partial charge in [0.2, 0.25) is 0 Å². The van der Waals surface area contributed by atoms with Crippen LogP contribution in [-0.4, -0.2) is 10.2 Å². The topological polar surface area (TPSA) is 40.5 Å². The Balaban J connectivity index is 2.05. The first-order valence-corrected chi connectivity index (χ1v) is 10.3. The van der Waals surface area contributed by atoms with E-state index in [9.17, 15) is 10.2 Å². The van der Waals surface area contributed by atoms with Gasteiger partial charge in [-0.2, -0.15) is 0 Å². The van der Waals surface area contributed by atoms with Gasteiger partial charge in [0, 0.05) is 17.0 Å². The van der Waals surface area contributed by atoms with Gasteiger partial charge in [0.25, 0.3) is 0 Å². The Bertz CT molecular complexity index is 709. The monoisotopic (exact) mass is 354 g/mol. The summed E-state index contributed by atoms with van der Waals surface area (Å²) in [4.78, 5) is 0. The molecule has 2 N–H and O–H groups in total. The molecule has 2 aliphatic rings. The summed E-state index contributed by atoms with van der Waals surface area (Å²) in [6.07, 6.45) is 11.1. The van der Waals surface area contributed by atoms with Gasteiger partial charge in [-0.15, -0.1) is 0 Å². The Morgan fingerprint density at radius 3 is 2.50 bits per heavy atom. The van der Waals surface area contributed by atoms with Crippen LogP contribution in [0.25, 0.3) is 0 Å². The van der Waals surface area contributed by atoms with Crippen LogP contribution in [0, 0.1) is 5.92 Å². The average molecular weight is 355 g/mol. The number of phenols is 2. The van der Waals surface area contributed by atoms with Gasteiger partial charge in [-0.05, 0) is 75.8 Å². The lowest BCUT2D eigenvalue weighted by molar-refractivity contribution is 0.402. The maximum absolute atomic E-state index is 11.2. The fraction of sp³-hybridized carbons (Fsp3) is 0.583. The Morgan fingerprint density at radius 2 is 1.88 bits per heavy atom. The van der Waals surface area contributed by atoms with E-state index in [-0.39, 0.29) is 17.6 Å². The molecule has 1 saturated carbocycles. The fourth-order valence-electron chi connectivity index (χ4n) is 4.57. The summed E-state index contributed by atoms with van der Waals surface area (Å²) in [6.45, 7) is 10.6. The number of unbranched alkanes of at least 4 members (excludes halogenated alkanes) is 2. The minimum absolute atomic E-state index is 0.0310. The molecule has 1 fully saturated rings. The highest BCUT2D eigenvalue weighted by Crippen LogP contribution is 2.53. The minimum atomic E-state index is 0.0310. The van der Waals surface area contributed by atoms with E-state index in [4.69, 9.17) is 0 Å². The summed E-state index contributed by atoms with van der Waals surface area (Å²) >= 11 is 0. The molecule has 26 heavy (non-hydrogen) atoms. The van der Waals surface area contributed by atoms with Crippen LogP contribution in [0.1, 0.15) is 94.2 Å². The van der Waals surface area contributed by atoms with Crippen molar-refractivity contribution in [2.24, 2.45) is 5.92 Å². The third kappa shape index (κ3) is 3.84. The standard InChI is InChI=1S/C24H34O2/c1-5-6-7-8-18-14-21(25)23(24(26)22(18)17-10-11-17)20-13-16(4)9-12-19(20)15(2)3/h13-14,17,19-20,25-26H,2,5-12H2,1,3-4H3. The zero-order valence-electron chi connectivity index (χ0n) is 16.6. The summed E-state index contributed by atoms with van der Waals surface area (Å²) in [5, 5.41) is 22.1. The Kier molecular flexibility index (Phi) is 5.79. The van der Waals surface area contributed by atoms with E-state index in [0.29, 0.717) is 11.7 Å². The van der Waals surface area contributed by atoms with Crippen LogP contribution in [0.3, 0.4) is 0 Å². The number of benzene rings is 1. The third-order valence-corrected chi connectivity index (χ3v) is 6.19. The quantitative estimate of drug-likeness (QED) is 0.421. The van der Waals surface area contributed by atoms with E-state index in [0.717, 1.165) is 60.8 Å². The average Bonchev–Trinajstić information content (AvgIpc) is 3.39. The molecule has 1 aromatic rings. The van der Waals surface area contributed by atoms with Crippen molar-refractivity contribution in [3.05, 3.63) is 46.6 Å². The van der Waals surface area contributed by atoms with Gasteiger partial charge >= 0.3 is 0 Å². The van der Waals surface area contributed by atoms with E-state index >= 15 is 0 Å². The minimum Gasteiger partial charge on any atom is -0.507 e. The molecule has 2 nitrogen and oxygen atoms in total. The summed E-state index contributed by atoms with van der Waals surface area (Å²) in [6, 6.07) is 1.95. The molecule has 0 saturated heterocycles. The van der Waals surface area contributed by atoms with E-state index < -0.39 is 0 Å². The largest absolute Gasteiger partial charge is 0.507 e. The first-order valence-electron chi connectivity index (χ1n) is 10.3. The van der Waals surface area contributed by atoms with Gasteiger partial charge in [-0.1, -0.05) is 43.6 Å². The molecule has 3 rings (SSSR count). The summed E-state index contributed by atoms with van der Waals surface area (Å²) < 4.78 is 0. The molecule has 1 aromatic carbocycles. The molecule has 0 aromatic heterocycles. The van der Waals surface area contributed by atoms with E-state index in [2.05, 4.69) is 33.4 Å². The lowest BCUT2D eigenvalue weighted by atomic mass is 9.73. The van der Waals surface area contributed by atoms with Crippen molar-refractivity contribution < 1.29 is 10.2 Å². The molecule has 0 heterocycles. The number of hydrogen-bond acceptors (Lipinski definition) is 2. The number of aromatic hydroxyl groups is 2. The van der Waals surface area contributed by atoms with Gasteiger partial charge in [0.05, 0.1) is 0 Å². The maximum atomic E-state index is 11.2. The second-order valence-corrected chi connectivity index (χ2v) is 8.49. The zero-order valence-corrected chi connectivity index (χ0v) is 16.6. The van der Waals surface area contributed by atoms with Crippen LogP contribution in [-0.2, 0) is 6.42 Å². The van der Waals surface area contributed by atoms with Gasteiger partial charge in [-0.25, -0.2) is 0 Å². The predicted octanol–water partition coefficient (Wildman–Crippen LogP) is 6.72. The second-order valence-electron chi connectivity index (χ2n) is 8.49. The van der Waals surface area contributed by atoms with Gasteiger partial charge in [0.1, 0.15) is 11.5 Å². The van der Waals surface area contributed by atoms with E-state index in [1.807, 2.05) is 6.07 Å². The number of aryl methyl sites for hydroxylation is 1. The van der Waals surface area contributed by atoms with Crippen molar-refractivity contribution in [3.8, 4) is 11.5 Å². The van der Waals surface area contributed by atoms with Gasteiger partial charge in [-0.3, -0.25) is 0 Å². The lowest BCUT2D eigenvalue weighted by Gasteiger charge is -2.32. The van der Waals surface area contributed by atoms with Crippen LogP contribution in [0.5, 0.6) is 11.5 Å². The van der Waals surface area contributed by atoms with Crippen LogP contribution < -0.4 is 0 Å². The molecule has 2 unspecified atom stereocenters. The molecule has 142 valence electrons. The predicted molar refractivity (Wildman–Crippen MR) is 109 cm³/mol. The normalized spacial score (nSPS) is 23.0. The maximum Gasteiger partial charge on any atom is 0.126 e. The Labute approximate surface area is 158 Å². The number of hydrogen-bond donors (Lipinski definition) is 2. The molecule has 0 spiro atoms. The highest BCUT2D eigenvalue weighted by molar-refractivity contribution is 5.58. The van der Waals surface area contributed by atoms with Crippen LogP contribution in [0.15, 0.2) is 29.9 Å². The molecule has 0 radical (unpaired) electrons. The van der Waals surface area contributed by atoms with Crippen LogP contribution in [0.4, 0.5) is 0 Å². The van der Waals surface area contributed by atoms with Gasteiger partial charge < -0.3 is 10.2 Å². The molecule has 2 atom stereocenters. The fourth-order valence-corrected chi connectivity index (χ4v) is 4.57. The van der Waals surface area contributed by atoms with Crippen molar-refractivity contribution in [3.63, 3.8) is 0 Å². The lowest BCUT2D eigenvalue weighted by Crippen LogP contribution is -2.17. The number of phenolic OH excluding ortho intramolecular Hbond substituents is 2. The van der Waals surface area contributed by atoms with E-state index in [1.54, 1.807) is 0 Å². The third-order valence-electron chi connectivity index (χ3n) is 6.19. The zero-order chi connectivity index (χ0) is 18.8. The summed E-state index contributed by atoms with van der Waals surface area (Å²) in [5.74, 6) is 1.42. The van der Waals surface area contributed by atoms with Crippen molar-refractivity contribution in [1.29, 1.82) is 0 Å². The van der Waals surface area contributed by atoms with Crippen molar-refractivity contribution in [2.75, 3.05) is 0 Å². The SMILES string of the molecule is C=C(C)C1CCC(C)=CC1c1c(O)cc(CCCCC)c(C2CC2)c1O. The molecule has 0 amide bonds. The Morgan fingerprint density at radius 1 is 1.15 bits per heavy atom. The second kappa shape index (κ2) is 7.90. The molecular weight excluding hydrogens is 320 g/mol. The van der Waals surface area contributed by atoms with Gasteiger partial charge in [0.15, 0.2) is 0 Å². The highest BCUT2D eigenvalue weighted by atomic mass is 16.3. The summed E-state index contributed by atoms with van der Waals surface area (Å²) in [7, 11) is 0. The Hall–Kier alpha value is -1.70. The van der Waals surface area contributed by atoms with Crippen molar-refractivity contribution in [2.45, 2.75) is 84.0 Å².